The van der Waals surface area contributed by atoms with Crippen LogP contribution in [0.15, 0.2) is 59.5 Å². The number of sulfonamides is 1. The predicted octanol–water partition coefficient (Wildman–Crippen LogP) is 2.46. The van der Waals surface area contributed by atoms with E-state index in [2.05, 4.69) is 10.0 Å². The van der Waals surface area contributed by atoms with E-state index in [-0.39, 0.29) is 23.8 Å². The third-order valence-corrected chi connectivity index (χ3v) is 5.06. The van der Waals surface area contributed by atoms with E-state index in [9.17, 15) is 13.2 Å². The van der Waals surface area contributed by atoms with Crippen molar-refractivity contribution >= 4 is 15.9 Å². The van der Waals surface area contributed by atoms with Gasteiger partial charge in [0.1, 0.15) is 5.75 Å². The molecule has 0 aliphatic carbocycles. The van der Waals surface area contributed by atoms with Crippen molar-refractivity contribution in [3.63, 3.8) is 0 Å². The summed E-state index contributed by atoms with van der Waals surface area (Å²) >= 11 is 0. The summed E-state index contributed by atoms with van der Waals surface area (Å²) < 4.78 is 32.0. The second kappa shape index (κ2) is 9.94. The van der Waals surface area contributed by atoms with Crippen molar-refractivity contribution in [2.24, 2.45) is 0 Å². The molecule has 0 heterocycles. The summed E-state index contributed by atoms with van der Waals surface area (Å²) in [6.45, 7) is 3.16. The Bertz CT molecular complexity index is 790. The highest BCUT2D eigenvalue weighted by molar-refractivity contribution is 7.89. The topological polar surface area (TPSA) is 84.5 Å². The second-order valence-corrected chi connectivity index (χ2v) is 7.50. The molecule has 0 saturated carbocycles. The Morgan fingerprint density at radius 3 is 2.38 bits per heavy atom. The van der Waals surface area contributed by atoms with Crippen molar-refractivity contribution in [3.8, 4) is 5.75 Å². The molecule has 0 bridgehead atoms. The lowest BCUT2D eigenvalue weighted by Crippen LogP contribution is -2.30. The third-order valence-electron chi connectivity index (χ3n) is 3.58. The standard InChI is InChI=1S/C19H24N2O4S/c1-2-14-25-17-10-8-16(9-11-17)15-20-19(22)12-13-21-26(23,24)18-6-4-3-5-7-18/h3-11,21H,2,12-15H2,1H3,(H,20,22). The van der Waals surface area contributed by atoms with Gasteiger partial charge in [-0.15, -0.1) is 0 Å². The number of nitrogens with one attached hydrogen (secondary N) is 2. The summed E-state index contributed by atoms with van der Waals surface area (Å²) in [5.74, 6) is 0.587. The number of hydrogen-bond donors (Lipinski definition) is 2. The minimum absolute atomic E-state index is 0.0485. The van der Waals surface area contributed by atoms with Gasteiger partial charge >= 0.3 is 0 Å². The maximum Gasteiger partial charge on any atom is 0.240 e. The summed E-state index contributed by atoms with van der Waals surface area (Å²) in [5, 5.41) is 2.77. The van der Waals surface area contributed by atoms with Gasteiger partial charge in [-0.2, -0.15) is 0 Å². The summed E-state index contributed by atoms with van der Waals surface area (Å²) in [4.78, 5) is 12.1. The normalized spacial score (nSPS) is 11.1. The first kappa shape index (κ1) is 19.9. The van der Waals surface area contributed by atoms with Crippen LogP contribution in [0, 0.1) is 0 Å². The van der Waals surface area contributed by atoms with Crippen LogP contribution in [-0.4, -0.2) is 27.5 Å². The molecule has 0 aliphatic heterocycles. The van der Waals surface area contributed by atoms with Gasteiger partial charge in [0.15, 0.2) is 0 Å². The van der Waals surface area contributed by atoms with Crippen molar-refractivity contribution in [1.82, 2.24) is 10.0 Å². The van der Waals surface area contributed by atoms with Crippen LogP contribution in [-0.2, 0) is 21.4 Å². The molecule has 7 heteroatoms. The van der Waals surface area contributed by atoms with Gasteiger partial charge < -0.3 is 10.1 Å². The lowest BCUT2D eigenvalue weighted by molar-refractivity contribution is -0.121. The van der Waals surface area contributed by atoms with Gasteiger partial charge in [0, 0.05) is 19.5 Å². The van der Waals surface area contributed by atoms with Crippen LogP contribution in [0.25, 0.3) is 0 Å². The van der Waals surface area contributed by atoms with Gasteiger partial charge in [0.05, 0.1) is 11.5 Å². The Morgan fingerprint density at radius 2 is 1.73 bits per heavy atom. The first-order valence-corrected chi connectivity index (χ1v) is 10.0. The van der Waals surface area contributed by atoms with Crippen LogP contribution in [0.2, 0.25) is 0 Å². The maximum absolute atomic E-state index is 12.0. The van der Waals surface area contributed by atoms with E-state index < -0.39 is 10.0 Å². The number of benzene rings is 2. The molecular formula is C19H24N2O4S. The first-order chi connectivity index (χ1) is 12.5. The van der Waals surface area contributed by atoms with Gasteiger partial charge in [-0.1, -0.05) is 37.3 Å². The third kappa shape index (κ3) is 6.50. The van der Waals surface area contributed by atoms with Gasteiger partial charge in [-0.25, -0.2) is 13.1 Å². The Hall–Kier alpha value is -2.38. The summed E-state index contributed by atoms with van der Waals surface area (Å²) in [7, 11) is -3.58. The van der Waals surface area contributed by atoms with Gasteiger partial charge in [0.25, 0.3) is 0 Å². The lowest BCUT2D eigenvalue weighted by Gasteiger charge is -2.09. The minimum atomic E-state index is -3.58. The van der Waals surface area contributed by atoms with Gasteiger partial charge in [-0.05, 0) is 36.2 Å². The SMILES string of the molecule is CCCOc1ccc(CNC(=O)CCNS(=O)(=O)c2ccccc2)cc1. The largest absolute Gasteiger partial charge is 0.494 e. The molecule has 6 nitrogen and oxygen atoms in total. The number of amides is 1. The van der Waals surface area contributed by atoms with E-state index in [4.69, 9.17) is 4.74 Å². The maximum atomic E-state index is 12.0. The Labute approximate surface area is 154 Å². The van der Waals surface area contributed by atoms with Crippen LogP contribution in [0.5, 0.6) is 5.75 Å². The van der Waals surface area contributed by atoms with Gasteiger partial charge in [0.2, 0.25) is 15.9 Å². The molecule has 0 radical (unpaired) electrons. The second-order valence-electron chi connectivity index (χ2n) is 5.73. The van der Waals surface area contributed by atoms with E-state index in [1.807, 2.05) is 31.2 Å². The Kier molecular flexibility index (Phi) is 7.62. The molecule has 0 aliphatic rings. The van der Waals surface area contributed by atoms with Crippen LogP contribution in [0.3, 0.4) is 0 Å². The Balaban J connectivity index is 1.72. The zero-order chi connectivity index (χ0) is 18.8. The molecule has 140 valence electrons. The van der Waals surface area contributed by atoms with Crippen molar-refractivity contribution in [1.29, 1.82) is 0 Å². The molecule has 1 amide bonds. The van der Waals surface area contributed by atoms with Crippen molar-refractivity contribution in [2.45, 2.75) is 31.2 Å². The van der Waals surface area contributed by atoms with Crippen LogP contribution >= 0.6 is 0 Å². The number of ether oxygens (including phenoxy) is 1. The fraction of sp³-hybridized carbons (Fsp3) is 0.316. The van der Waals surface area contributed by atoms with E-state index in [0.29, 0.717) is 13.2 Å². The minimum Gasteiger partial charge on any atom is -0.494 e. The molecule has 0 saturated heterocycles. The summed E-state index contributed by atoms with van der Waals surface area (Å²) in [6, 6.07) is 15.6. The predicted molar refractivity (Wildman–Crippen MR) is 100 cm³/mol. The van der Waals surface area contributed by atoms with Gasteiger partial charge in [-0.3, -0.25) is 4.79 Å². The number of carbonyl (C=O) groups is 1. The number of hydrogen-bond acceptors (Lipinski definition) is 4. The summed E-state index contributed by atoms with van der Waals surface area (Å²) in [6.07, 6.45) is 1.02. The number of carbonyl (C=O) groups excluding carboxylic acids is 1. The lowest BCUT2D eigenvalue weighted by atomic mass is 10.2. The highest BCUT2D eigenvalue weighted by atomic mass is 32.2. The smallest absolute Gasteiger partial charge is 0.240 e. The molecule has 2 rings (SSSR count). The van der Waals surface area contributed by atoms with E-state index in [0.717, 1.165) is 17.7 Å². The van der Waals surface area contributed by atoms with Crippen LogP contribution in [0.1, 0.15) is 25.3 Å². The highest BCUT2D eigenvalue weighted by Gasteiger charge is 2.13. The van der Waals surface area contributed by atoms with E-state index in [1.165, 1.54) is 12.1 Å². The fourth-order valence-corrected chi connectivity index (χ4v) is 3.25. The molecular weight excluding hydrogens is 352 g/mol. The summed E-state index contributed by atoms with van der Waals surface area (Å²) in [5.41, 5.74) is 0.951. The monoisotopic (exact) mass is 376 g/mol. The Morgan fingerprint density at radius 1 is 1.04 bits per heavy atom. The molecule has 2 aromatic carbocycles. The average molecular weight is 376 g/mol. The molecule has 0 aromatic heterocycles. The molecule has 0 fully saturated rings. The van der Waals surface area contributed by atoms with Crippen molar-refractivity contribution < 1.29 is 17.9 Å². The van der Waals surface area contributed by atoms with E-state index >= 15 is 0 Å². The van der Waals surface area contributed by atoms with Crippen LogP contribution in [0.4, 0.5) is 0 Å². The first-order valence-electron chi connectivity index (χ1n) is 8.54. The molecule has 2 N–H and O–H groups in total. The molecule has 0 atom stereocenters. The van der Waals surface area contributed by atoms with Crippen molar-refractivity contribution in [3.05, 3.63) is 60.2 Å². The van der Waals surface area contributed by atoms with Crippen molar-refractivity contribution in [2.75, 3.05) is 13.2 Å². The van der Waals surface area contributed by atoms with E-state index in [1.54, 1.807) is 18.2 Å². The zero-order valence-electron chi connectivity index (χ0n) is 14.8. The molecule has 0 spiro atoms. The fourth-order valence-electron chi connectivity index (χ4n) is 2.19. The quantitative estimate of drug-likeness (QED) is 0.667. The number of rotatable bonds is 10. The zero-order valence-corrected chi connectivity index (χ0v) is 15.6. The van der Waals surface area contributed by atoms with Crippen LogP contribution < -0.4 is 14.8 Å². The molecule has 2 aromatic rings. The molecule has 26 heavy (non-hydrogen) atoms. The molecule has 0 unspecified atom stereocenters. The highest BCUT2D eigenvalue weighted by Crippen LogP contribution is 2.12. The average Bonchev–Trinajstić information content (AvgIpc) is 2.66.